The van der Waals surface area contributed by atoms with Crippen LogP contribution in [0.3, 0.4) is 0 Å². The van der Waals surface area contributed by atoms with Crippen LogP contribution >= 0.6 is 15.8 Å². The molecule has 6 aromatic carbocycles. The van der Waals surface area contributed by atoms with Gasteiger partial charge < -0.3 is 0 Å². The van der Waals surface area contributed by atoms with E-state index in [9.17, 15) is 0 Å². The van der Waals surface area contributed by atoms with E-state index >= 15 is 0 Å². The van der Waals surface area contributed by atoms with Gasteiger partial charge in [-0.3, -0.25) is 9.98 Å². The molecule has 0 amide bonds. The molecular weight excluding hydrogens is 618 g/mol. The lowest BCUT2D eigenvalue weighted by atomic mass is 9.91. The molecule has 0 aliphatic heterocycles. The normalized spacial score (nSPS) is 16.6. The van der Waals surface area contributed by atoms with Crippen LogP contribution in [0.25, 0.3) is 0 Å². The molecule has 0 aromatic heterocycles. The van der Waals surface area contributed by atoms with Crippen molar-refractivity contribution in [2.45, 2.75) is 37.8 Å². The molecule has 236 valence electrons. The second-order valence-corrected chi connectivity index (χ2v) is 16.5. The molecule has 0 spiro atoms. The molecule has 6 aromatic rings. The van der Waals surface area contributed by atoms with Gasteiger partial charge in [0.25, 0.3) is 0 Å². The van der Waals surface area contributed by atoms with E-state index in [1.54, 1.807) is 0 Å². The molecule has 0 saturated heterocycles. The van der Waals surface area contributed by atoms with Gasteiger partial charge in [-0.15, -0.1) is 0 Å². The molecule has 0 radical (unpaired) electrons. The first kappa shape index (κ1) is 32.1. The van der Waals surface area contributed by atoms with Crippen LogP contribution in [0.1, 0.15) is 36.8 Å². The molecule has 1 aliphatic rings. The standard InChI is InChI=1S/C44H40N2P2/c1-5-21-37(22-6-1)47(38-23-7-2-8-24-38)43-31-17-13-19-35(43)33-45-41-29-15-16-30-42(41)46-34-36-20-14-18-32-44(36)48(39-25-9-3-10-26-39)40-27-11-4-12-28-40/h1-14,17-28,31-34,41-42H,15-16,29-30H2/t41-,42?/m0/s1. The fraction of sp³-hybridized carbons (Fsp3) is 0.136. The molecular formula is C44H40N2P2. The highest BCUT2D eigenvalue weighted by Gasteiger charge is 2.25. The van der Waals surface area contributed by atoms with E-state index in [0.29, 0.717) is 0 Å². The van der Waals surface area contributed by atoms with Gasteiger partial charge in [0.2, 0.25) is 0 Å². The van der Waals surface area contributed by atoms with E-state index in [0.717, 1.165) is 12.8 Å². The van der Waals surface area contributed by atoms with Crippen molar-refractivity contribution in [2.24, 2.45) is 9.98 Å². The minimum atomic E-state index is -0.712. The zero-order chi connectivity index (χ0) is 32.4. The van der Waals surface area contributed by atoms with Crippen molar-refractivity contribution in [3.05, 3.63) is 181 Å². The number of aliphatic imine (C=N–C) groups is 2. The van der Waals surface area contributed by atoms with Gasteiger partial charge in [0.05, 0.1) is 12.1 Å². The first-order chi connectivity index (χ1) is 23.8. The lowest BCUT2D eigenvalue weighted by molar-refractivity contribution is 0.390. The van der Waals surface area contributed by atoms with Crippen LogP contribution in [0.2, 0.25) is 0 Å². The van der Waals surface area contributed by atoms with Gasteiger partial charge in [0.1, 0.15) is 0 Å². The summed E-state index contributed by atoms with van der Waals surface area (Å²) in [5.41, 5.74) is 2.40. The number of hydrogen-bond acceptors (Lipinski definition) is 2. The third-order valence-corrected chi connectivity index (χ3v) is 14.0. The van der Waals surface area contributed by atoms with E-state index in [1.165, 1.54) is 55.8 Å². The molecule has 1 aliphatic carbocycles. The van der Waals surface area contributed by atoms with Crippen LogP contribution in [0.15, 0.2) is 180 Å². The van der Waals surface area contributed by atoms with Crippen molar-refractivity contribution in [1.29, 1.82) is 0 Å². The molecule has 0 bridgehead atoms. The Bertz CT molecular complexity index is 1720. The Labute approximate surface area is 287 Å². The van der Waals surface area contributed by atoms with Crippen LogP contribution in [0.4, 0.5) is 0 Å². The van der Waals surface area contributed by atoms with Gasteiger partial charge in [-0.05, 0) is 60.5 Å². The summed E-state index contributed by atoms with van der Waals surface area (Å²) in [5.74, 6) is 0. The predicted octanol–water partition coefficient (Wildman–Crippen LogP) is 8.05. The molecule has 2 nitrogen and oxygen atoms in total. The van der Waals surface area contributed by atoms with Gasteiger partial charge in [0, 0.05) is 23.6 Å². The van der Waals surface area contributed by atoms with Crippen molar-refractivity contribution in [3.63, 3.8) is 0 Å². The van der Waals surface area contributed by atoms with E-state index in [4.69, 9.17) is 9.98 Å². The average molecular weight is 659 g/mol. The Balaban J connectivity index is 1.19. The van der Waals surface area contributed by atoms with Gasteiger partial charge >= 0.3 is 0 Å². The van der Waals surface area contributed by atoms with Crippen LogP contribution in [0.5, 0.6) is 0 Å². The Hall–Kier alpha value is -4.48. The molecule has 1 saturated carbocycles. The summed E-state index contributed by atoms with van der Waals surface area (Å²) < 4.78 is 0. The topological polar surface area (TPSA) is 24.7 Å². The monoisotopic (exact) mass is 658 g/mol. The fourth-order valence-electron chi connectivity index (χ4n) is 6.55. The quantitative estimate of drug-likeness (QED) is 0.105. The highest BCUT2D eigenvalue weighted by atomic mass is 31.1. The van der Waals surface area contributed by atoms with E-state index in [1.807, 2.05) is 0 Å². The summed E-state index contributed by atoms with van der Waals surface area (Å²) in [6.07, 6.45) is 8.81. The molecule has 1 fully saturated rings. The third-order valence-electron chi connectivity index (χ3n) is 8.92. The van der Waals surface area contributed by atoms with Gasteiger partial charge in [-0.2, -0.15) is 0 Å². The predicted molar refractivity (Wildman–Crippen MR) is 212 cm³/mol. The summed E-state index contributed by atoms with van der Waals surface area (Å²) in [7, 11) is -1.42. The zero-order valence-corrected chi connectivity index (χ0v) is 28.9. The summed E-state index contributed by atoms with van der Waals surface area (Å²) in [4.78, 5) is 10.6. The molecule has 48 heavy (non-hydrogen) atoms. The maximum Gasteiger partial charge on any atom is 0.0723 e. The minimum Gasteiger partial charge on any atom is -0.287 e. The third kappa shape index (κ3) is 7.63. The van der Waals surface area contributed by atoms with Gasteiger partial charge in [-0.25, -0.2) is 0 Å². The van der Waals surface area contributed by atoms with Crippen LogP contribution in [-0.2, 0) is 0 Å². The van der Waals surface area contributed by atoms with E-state index in [2.05, 4.69) is 182 Å². The highest BCUT2D eigenvalue weighted by Crippen LogP contribution is 2.35. The van der Waals surface area contributed by atoms with Crippen LogP contribution < -0.4 is 31.8 Å². The van der Waals surface area contributed by atoms with Crippen molar-refractivity contribution < 1.29 is 0 Å². The number of benzene rings is 6. The molecule has 0 N–H and O–H groups in total. The smallest absolute Gasteiger partial charge is 0.0723 e. The first-order valence-electron chi connectivity index (χ1n) is 16.9. The number of rotatable bonds is 10. The Morgan fingerprint density at radius 3 is 1.00 bits per heavy atom. The van der Waals surface area contributed by atoms with Gasteiger partial charge in [-0.1, -0.05) is 183 Å². The second kappa shape index (κ2) is 16.1. The first-order valence-corrected chi connectivity index (χ1v) is 19.6. The van der Waals surface area contributed by atoms with Crippen LogP contribution in [0, 0.1) is 0 Å². The lowest BCUT2D eigenvalue weighted by Crippen LogP contribution is -2.28. The largest absolute Gasteiger partial charge is 0.287 e. The summed E-state index contributed by atoms with van der Waals surface area (Å²) in [5, 5.41) is 8.09. The average Bonchev–Trinajstić information content (AvgIpc) is 3.16. The zero-order valence-electron chi connectivity index (χ0n) is 27.1. The SMILES string of the molecule is C(=NC1CCCC[C@@H]1N=Cc1ccccc1P(c1ccccc1)c1ccccc1)c1ccccc1P(c1ccccc1)c1ccccc1. The molecule has 1 unspecified atom stereocenters. The van der Waals surface area contributed by atoms with Crippen molar-refractivity contribution >= 4 is 60.1 Å². The Morgan fingerprint density at radius 1 is 0.375 bits per heavy atom. The van der Waals surface area contributed by atoms with E-state index in [-0.39, 0.29) is 12.1 Å². The Morgan fingerprint density at radius 2 is 0.667 bits per heavy atom. The number of nitrogens with zero attached hydrogens (tertiary/aromatic N) is 2. The maximum absolute atomic E-state index is 5.31. The summed E-state index contributed by atoms with van der Waals surface area (Å²) in [6.45, 7) is 0. The molecule has 0 heterocycles. The Kier molecular flexibility index (Phi) is 10.7. The fourth-order valence-corrected chi connectivity index (χ4v) is 11.4. The van der Waals surface area contributed by atoms with Crippen molar-refractivity contribution in [2.75, 3.05) is 0 Å². The van der Waals surface area contributed by atoms with E-state index < -0.39 is 15.8 Å². The lowest BCUT2D eigenvalue weighted by Gasteiger charge is -2.26. The number of hydrogen-bond donors (Lipinski definition) is 0. The van der Waals surface area contributed by atoms with Gasteiger partial charge in [0.15, 0.2) is 0 Å². The van der Waals surface area contributed by atoms with Crippen LogP contribution in [-0.4, -0.2) is 24.5 Å². The molecule has 2 atom stereocenters. The summed E-state index contributed by atoms with van der Waals surface area (Å²) in [6, 6.07) is 61.7. The molecule has 4 heteroatoms. The molecule has 7 rings (SSSR count). The second-order valence-electron chi connectivity index (χ2n) is 12.1. The highest BCUT2D eigenvalue weighted by molar-refractivity contribution is 7.80. The van der Waals surface area contributed by atoms with Crippen molar-refractivity contribution in [1.82, 2.24) is 0 Å². The maximum atomic E-state index is 5.31. The minimum absolute atomic E-state index is 0.166. The summed E-state index contributed by atoms with van der Waals surface area (Å²) >= 11 is 0. The van der Waals surface area contributed by atoms with Crippen molar-refractivity contribution in [3.8, 4) is 0 Å².